The maximum atomic E-state index is 13.8. The van der Waals surface area contributed by atoms with Gasteiger partial charge in [-0.05, 0) is 54.8 Å². The summed E-state index contributed by atoms with van der Waals surface area (Å²) in [5.41, 5.74) is 2.63. The molecule has 0 unspecified atom stereocenters. The van der Waals surface area contributed by atoms with Crippen molar-refractivity contribution < 1.29 is 5.76 Å². The predicted molar refractivity (Wildman–Crippen MR) is 151 cm³/mol. The van der Waals surface area contributed by atoms with Gasteiger partial charge >= 0.3 is 0 Å². The maximum Gasteiger partial charge on any atom is 0.141 e. The Morgan fingerprint density at radius 3 is 2.55 bits per heavy atom. The number of nitriles is 2. The fourth-order valence-corrected chi connectivity index (χ4v) is 4.80. The van der Waals surface area contributed by atoms with Crippen LogP contribution < -0.4 is 10.6 Å². The summed E-state index contributed by atoms with van der Waals surface area (Å²) in [5, 5.41) is 35.5. The molecule has 1 atom stereocenters. The zero-order chi connectivity index (χ0) is 28.7. The monoisotopic (exact) mass is 569 g/mol. The smallest absolute Gasteiger partial charge is 0.141 e. The molecule has 0 bridgehead atoms. The first-order chi connectivity index (χ1) is 19.8. The number of anilines is 3. The lowest BCUT2D eigenvalue weighted by Crippen LogP contribution is -2.14. The minimum atomic E-state index is -1.69. The normalized spacial score (nSPS) is 14.6. The second-order valence-corrected chi connectivity index (χ2v) is 10.1. The molecule has 0 spiro atoms. The Morgan fingerprint density at radius 1 is 1.02 bits per heavy atom. The molecule has 40 heavy (non-hydrogen) atoms. The molecule has 0 saturated heterocycles. The van der Waals surface area contributed by atoms with Crippen LogP contribution in [0.25, 0.3) is 10.9 Å². The molecule has 1 aliphatic rings. The van der Waals surface area contributed by atoms with Crippen molar-refractivity contribution in [2.75, 3.05) is 10.6 Å². The van der Waals surface area contributed by atoms with Crippen LogP contribution >= 0.6 is 23.2 Å². The van der Waals surface area contributed by atoms with Crippen LogP contribution in [0.2, 0.25) is 10.0 Å². The number of hydrogen-bond acceptors (Lipinski definition) is 7. The zero-order valence-corrected chi connectivity index (χ0v) is 22.2. The maximum absolute atomic E-state index is 13.8. The molecule has 196 valence electrons. The van der Waals surface area contributed by atoms with Crippen LogP contribution in [0.1, 0.15) is 48.7 Å². The van der Waals surface area contributed by atoms with Gasteiger partial charge in [0.1, 0.15) is 23.6 Å². The number of halogens is 3. The molecule has 0 radical (unpaired) electrons. The van der Waals surface area contributed by atoms with Crippen LogP contribution in [0.4, 0.5) is 21.5 Å². The van der Waals surface area contributed by atoms with Gasteiger partial charge in [0.15, 0.2) is 0 Å². The van der Waals surface area contributed by atoms with Crippen LogP contribution in [0, 0.1) is 28.5 Å². The Morgan fingerprint density at radius 2 is 1.82 bits per heavy atom. The number of benzene rings is 3. The molecular weight excluding hydrogens is 550 g/mol. The van der Waals surface area contributed by atoms with Crippen LogP contribution in [0.3, 0.4) is 0 Å². The van der Waals surface area contributed by atoms with Crippen molar-refractivity contribution in [3.05, 3.63) is 105 Å². The van der Waals surface area contributed by atoms with Gasteiger partial charge in [0.2, 0.25) is 0 Å². The van der Waals surface area contributed by atoms with Gasteiger partial charge in [-0.2, -0.15) is 10.5 Å². The number of nitrogens with zero attached hydrogens (tertiary/aromatic N) is 6. The van der Waals surface area contributed by atoms with Crippen molar-refractivity contribution in [3.63, 3.8) is 0 Å². The van der Waals surface area contributed by atoms with E-state index in [1.165, 1.54) is 24.4 Å². The third-order valence-corrected chi connectivity index (χ3v) is 7.12. The molecule has 6 rings (SSSR count). The summed E-state index contributed by atoms with van der Waals surface area (Å²) in [6.45, 7) is 0. The SMILES string of the molecule is [2H][C@@](Nc1cc(C#N)c2ncc(C#N)c(Nc3ccc(F)c(Cl)c3)c2c1)(c1cn(C2CC2)nn1)c1ccccc1Cl. The van der Waals surface area contributed by atoms with Crippen LogP contribution in [0.15, 0.2) is 67.0 Å². The summed E-state index contributed by atoms with van der Waals surface area (Å²) >= 11 is 12.6. The van der Waals surface area contributed by atoms with E-state index < -0.39 is 11.8 Å². The minimum absolute atomic E-state index is 0.0927. The predicted octanol–water partition coefficient (Wildman–Crippen LogP) is 7.30. The van der Waals surface area contributed by atoms with E-state index in [-0.39, 0.29) is 22.2 Å². The first-order valence-electron chi connectivity index (χ1n) is 12.7. The van der Waals surface area contributed by atoms with Crippen molar-refractivity contribution in [1.82, 2.24) is 20.0 Å². The molecule has 0 amide bonds. The molecule has 1 saturated carbocycles. The van der Waals surface area contributed by atoms with Crippen LogP contribution in [-0.4, -0.2) is 20.0 Å². The van der Waals surface area contributed by atoms with Crippen molar-refractivity contribution >= 4 is 51.2 Å². The molecule has 2 N–H and O–H groups in total. The van der Waals surface area contributed by atoms with Crippen LogP contribution in [-0.2, 0) is 0 Å². The Bertz CT molecular complexity index is 1910. The molecule has 11 heteroatoms. The van der Waals surface area contributed by atoms with Gasteiger partial charge in [-0.25, -0.2) is 9.07 Å². The van der Waals surface area contributed by atoms with Gasteiger partial charge in [0, 0.05) is 28.0 Å². The highest BCUT2D eigenvalue weighted by molar-refractivity contribution is 6.31. The Balaban J connectivity index is 1.51. The van der Waals surface area contributed by atoms with E-state index in [1.54, 1.807) is 47.3 Å². The number of nitrogens with one attached hydrogen (secondary N) is 2. The summed E-state index contributed by atoms with van der Waals surface area (Å²) in [5.74, 6) is -0.583. The second-order valence-electron chi connectivity index (χ2n) is 9.24. The summed E-state index contributed by atoms with van der Waals surface area (Å²) < 4.78 is 25.2. The highest BCUT2D eigenvalue weighted by atomic mass is 35.5. The molecule has 1 aliphatic carbocycles. The Hall–Kier alpha value is -4.70. The highest BCUT2D eigenvalue weighted by Gasteiger charge is 2.28. The average molecular weight is 570 g/mol. The number of pyridine rings is 1. The minimum Gasteiger partial charge on any atom is -0.373 e. The zero-order valence-electron chi connectivity index (χ0n) is 21.7. The first-order valence-corrected chi connectivity index (χ1v) is 13.0. The third kappa shape index (κ3) is 4.89. The topological polar surface area (TPSA) is 115 Å². The molecule has 0 aliphatic heterocycles. The van der Waals surface area contributed by atoms with E-state index in [2.05, 4.69) is 38.1 Å². The average Bonchev–Trinajstić information content (AvgIpc) is 3.70. The van der Waals surface area contributed by atoms with E-state index in [4.69, 9.17) is 23.2 Å². The Labute approximate surface area is 240 Å². The van der Waals surface area contributed by atoms with E-state index in [1.807, 2.05) is 0 Å². The molecule has 2 aromatic heterocycles. The number of aromatic nitrogens is 4. The van der Waals surface area contributed by atoms with Crippen molar-refractivity contribution in [1.29, 1.82) is 10.5 Å². The third-order valence-electron chi connectivity index (χ3n) is 6.50. The fraction of sp³-hybridized carbons (Fsp3) is 0.138. The lowest BCUT2D eigenvalue weighted by molar-refractivity contribution is 0.610. The van der Waals surface area contributed by atoms with Crippen molar-refractivity contribution in [2.24, 2.45) is 0 Å². The van der Waals surface area contributed by atoms with E-state index >= 15 is 0 Å². The van der Waals surface area contributed by atoms with Gasteiger partial charge in [-0.3, -0.25) is 4.98 Å². The standard InChI is InChI=1S/C29H19Cl2FN8/c30-23-4-2-1-3-21(23)29(26-15-40(39-38-26)20-6-7-20)37-19-9-16(12-33)27-22(10-19)28(17(13-34)14-35-27)36-18-5-8-25(32)24(31)11-18/h1-5,8-11,14-15,20,29,37H,6-7H2,(H,35,36)/t29-/m0/s1/i29D. The Kier molecular flexibility index (Phi) is 6.37. The van der Waals surface area contributed by atoms with E-state index in [9.17, 15) is 16.3 Å². The number of rotatable bonds is 7. The van der Waals surface area contributed by atoms with E-state index in [0.29, 0.717) is 44.2 Å². The van der Waals surface area contributed by atoms with Gasteiger partial charge in [0.25, 0.3) is 0 Å². The fourth-order valence-electron chi connectivity index (χ4n) is 4.38. The lowest BCUT2D eigenvalue weighted by atomic mass is 10.0. The molecule has 3 aromatic carbocycles. The second kappa shape index (κ2) is 10.5. The molecule has 5 aromatic rings. The largest absolute Gasteiger partial charge is 0.373 e. The number of fused-ring (bicyclic) bond motifs is 1. The van der Waals surface area contributed by atoms with E-state index in [0.717, 1.165) is 12.8 Å². The van der Waals surface area contributed by atoms with Gasteiger partial charge in [-0.1, -0.05) is 46.6 Å². The highest BCUT2D eigenvalue weighted by Crippen LogP contribution is 2.38. The summed E-state index contributed by atoms with van der Waals surface area (Å²) in [6, 6.07) is 17.1. The summed E-state index contributed by atoms with van der Waals surface area (Å²) in [7, 11) is 0. The first kappa shape index (κ1) is 24.3. The lowest BCUT2D eigenvalue weighted by Gasteiger charge is -2.21. The van der Waals surface area contributed by atoms with Crippen LogP contribution in [0.5, 0.6) is 0 Å². The summed E-state index contributed by atoms with van der Waals surface area (Å²) in [6.07, 6.45) is 5.08. The molecule has 8 nitrogen and oxygen atoms in total. The molecule has 2 heterocycles. The molecule has 1 fully saturated rings. The van der Waals surface area contributed by atoms with Gasteiger partial charge < -0.3 is 10.6 Å². The van der Waals surface area contributed by atoms with Crippen molar-refractivity contribution in [2.45, 2.75) is 24.9 Å². The molecular formula is C29H19Cl2FN8. The quantitative estimate of drug-likeness (QED) is 0.211. The van der Waals surface area contributed by atoms with Crippen molar-refractivity contribution in [3.8, 4) is 12.1 Å². The van der Waals surface area contributed by atoms with Gasteiger partial charge in [0.05, 0.1) is 47.0 Å². The summed E-state index contributed by atoms with van der Waals surface area (Å²) in [4.78, 5) is 4.36. The van der Waals surface area contributed by atoms with Gasteiger partial charge in [-0.15, -0.1) is 5.10 Å². The number of hydrogen-bond donors (Lipinski definition) is 2.